The predicted octanol–water partition coefficient (Wildman–Crippen LogP) is 3.78. The zero-order chi connectivity index (χ0) is 20.1. The maximum Gasteiger partial charge on any atom is 0.271 e. The van der Waals surface area contributed by atoms with Gasteiger partial charge in [0, 0.05) is 36.6 Å². The number of rotatable bonds is 6. The molecule has 0 unspecified atom stereocenters. The van der Waals surface area contributed by atoms with Crippen LogP contribution in [-0.2, 0) is 4.79 Å². The van der Waals surface area contributed by atoms with Crippen molar-refractivity contribution < 1.29 is 9.72 Å². The minimum absolute atomic E-state index is 0.00603. The van der Waals surface area contributed by atoms with Crippen molar-refractivity contribution in [3.05, 3.63) is 63.0 Å². The standard InChI is InChI=1S/C20H22N4O3/c1-5-22(6-2)20(25)17(13-21)11-16-10-14(3)23(15(16)4)18-8-7-9-19(12-18)24(26)27/h7-12H,5-6H2,1-4H3/b17-11-. The molecule has 0 atom stereocenters. The van der Waals surface area contributed by atoms with Gasteiger partial charge in [-0.2, -0.15) is 5.26 Å². The first-order valence-electron chi connectivity index (χ1n) is 8.68. The highest BCUT2D eigenvalue weighted by Crippen LogP contribution is 2.25. The highest BCUT2D eigenvalue weighted by molar-refractivity contribution is 6.01. The number of carbonyl (C=O) groups is 1. The number of amides is 1. The van der Waals surface area contributed by atoms with Crippen LogP contribution >= 0.6 is 0 Å². The fraction of sp³-hybridized carbons (Fsp3) is 0.300. The summed E-state index contributed by atoms with van der Waals surface area (Å²) in [5, 5.41) is 20.5. The normalized spacial score (nSPS) is 11.1. The van der Waals surface area contributed by atoms with E-state index in [2.05, 4.69) is 0 Å². The summed E-state index contributed by atoms with van der Waals surface area (Å²) < 4.78 is 1.87. The van der Waals surface area contributed by atoms with Gasteiger partial charge in [0.15, 0.2) is 0 Å². The molecule has 0 bridgehead atoms. The second kappa shape index (κ2) is 8.32. The van der Waals surface area contributed by atoms with E-state index in [-0.39, 0.29) is 17.2 Å². The van der Waals surface area contributed by atoms with E-state index in [1.807, 2.05) is 44.4 Å². The molecule has 7 nitrogen and oxygen atoms in total. The molecule has 1 amide bonds. The van der Waals surface area contributed by atoms with Gasteiger partial charge in [0.05, 0.1) is 10.6 Å². The Morgan fingerprint density at radius 3 is 2.52 bits per heavy atom. The van der Waals surface area contributed by atoms with Crippen LogP contribution in [0.2, 0.25) is 0 Å². The van der Waals surface area contributed by atoms with Gasteiger partial charge >= 0.3 is 0 Å². The van der Waals surface area contributed by atoms with Crippen LogP contribution in [0, 0.1) is 35.3 Å². The van der Waals surface area contributed by atoms with Crippen LogP contribution in [0.4, 0.5) is 5.69 Å². The minimum atomic E-state index is -0.435. The van der Waals surface area contributed by atoms with Crippen molar-refractivity contribution >= 4 is 17.7 Å². The molecule has 140 valence electrons. The first-order valence-corrected chi connectivity index (χ1v) is 8.68. The van der Waals surface area contributed by atoms with Crippen LogP contribution in [0.1, 0.15) is 30.8 Å². The lowest BCUT2D eigenvalue weighted by Gasteiger charge is -2.17. The Morgan fingerprint density at radius 2 is 1.96 bits per heavy atom. The highest BCUT2D eigenvalue weighted by Gasteiger charge is 2.18. The zero-order valence-corrected chi connectivity index (χ0v) is 15.9. The van der Waals surface area contributed by atoms with E-state index in [1.165, 1.54) is 12.1 Å². The number of non-ortho nitro benzene ring substituents is 1. The van der Waals surface area contributed by atoms with E-state index in [0.29, 0.717) is 18.8 Å². The molecule has 0 saturated carbocycles. The smallest absolute Gasteiger partial charge is 0.271 e. The summed E-state index contributed by atoms with van der Waals surface area (Å²) in [4.78, 5) is 24.7. The molecule has 0 N–H and O–H groups in total. The summed E-state index contributed by atoms with van der Waals surface area (Å²) in [6.45, 7) is 8.52. The Balaban J connectivity index is 2.52. The number of nitriles is 1. The first kappa shape index (κ1) is 19.9. The largest absolute Gasteiger partial charge is 0.339 e. The molecule has 0 aliphatic carbocycles. The van der Waals surface area contributed by atoms with Crippen molar-refractivity contribution in [1.29, 1.82) is 5.26 Å². The summed E-state index contributed by atoms with van der Waals surface area (Å²) in [5.74, 6) is -0.303. The van der Waals surface area contributed by atoms with Gasteiger partial charge in [-0.3, -0.25) is 14.9 Å². The molecule has 0 aliphatic heterocycles. The molecule has 2 rings (SSSR count). The van der Waals surface area contributed by atoms with Crippen LogP contribution in [0.5, 0.6) is 0 Å². The van der Waals surface area contributed by atoms with Crippen molar-refractivity contribution in [2.75, 3.05) is 13.1 Å². The molecule has 0 aliphatic rings. The number of aryl methyl sites for hydroxylation is 1. The number of nitro groups is 1. The van der Waals surface area contributed by atoms with E-state index in [0.717, 1.165) is 17.0 Å². The Hall–Kier alpha value is -3.40. The molecule has 0 saturated heterocycles. The van der Waals surface area contributed by atoms with E-state index in [1.54, 1.807) is 23.1 Å². The third-order valence-electron chi connectivity index (χ3n) is 4.47. The molecule has 1 aromatic heterocycles. The second-order valence-electron chi connectivity index (χ2n) is 6.09. The molecule has 27 heavy (non-hydrogen) atoms. The van der Waals surface area contributed by atoms with E-state index in [4.69, 9.17) is 0 Å². The van der Waals surface area contributed by atoms with Crippen LogP contribution in [-0.4, -0.2) is 33.4 Å². The lowest BCUT2D eigenvalue weighted by atomic mass is 10.1. The number of aromatic nitrogens is 1. The van der Waals surface area contributed by atoms with Crippen LogP contribution < -0.4 is 0 Å². The van der Waals surface area contributed by atoms with Gasteiger partial charge in [-0.05, 0) is 51.5 Å². The molecular formula is C20H22N4O3. The fourth-order valence-electron chi connectivity index (χ4n) is 3.06. The summed E-state index contributed by atoms with van der Waals surface area (Å²) in [6, 6.07) is 10.2. The van der Waals surface area contributed by atoms with Gasteiger partial charge in [0.25, 0.3) is 11.6 Å². The Kier molecular flexibility index (Phi) is 6.14. The molecule has 0 radical (unpaired) electrons. The average molecular weight is 366 g/mol. The SMILES string of the molecule is CCN(CC)C(=O)/C(C#N)=C\c1cc(C)n(-c2cccc([N+](=O)[O-])c2)c1C. The molecule has 0 spiro atoms. The summed E-state index contributed by atoms with van der Waals surface area (Å²) in [5.41, 5.74) is 3.12. The van der Waals surface area contributed by atoms with E-state index < -0.39 is 4.92 Å². The second-order valence-corrected chi connectivity index (χ2v) is 6.09. The monoisotopic (exact) mass is 366 g/mol. The quantitative estimate of drug-likeness (QED) is 0.337. The third kappa shape index (κ3) is 4.06. The minimum Gasteiger partial charge on any atom is -0.339 e. The fourth-order valence-corrected chi connectivity index (χ4v) is 3.06. The van der Waals surface area contributed by atoms with Crippen LogP contribution in [0.15, 0.2) is 35.9 Å². The number of hydrogen-bond acceptors (Lipinski definition) is 4. The molecular weight excluding hydrogens is 344 g/mol. The maximum absolute atomic E-state index is 12.5. The summed E-state index contributed by atoms with van der Waals surface area (Å²) in [7, 11) is 0. The summed E-state index contributed by atoms with van der Waals surface area (Å²) >= 11 is 0. The van der Waals surface area contributed by atoms with Gasteiger partial charge in [0.2, 0.25) is 0 Å². The van der Waals surface area contributed by atoms with Crippen molar-refractivity contribution in [1.82, 2.24) is 9.47 Å². The first-order chi connectivity index (χ1) is 12.8. The van der Waals surface area contributed by atoms with Gasteiger partial charge in [-0.1, -0.05) is 6.07 Å². The van der Waals surface area contributed by atoms with Crippen molar-refractivity contribution in [2.45, 2.75) is 27.7 Å². The third-order valence-corrected chi connectivity index (χ3v) is 4.47. The van der Waals surface area contributed by atoms with E-state index >= 15 is 0 Å². The summed E-state index contributed by atoms with van der Waals surface area (Å²) in [6.07, 6.45) is 1.58. The highest BCUT2D eigenvalue weighted by atomic mass is 16.6. The Labute approximate surface area is 158 Å². The number of likely N-dealkylation sites (N-methyl/N-ethyl adjacent to an activating group) is 1. The lowest BCUT2D eigenvalue weighted by Crippen LogP contribution is -2.31. The average Bonchev–Trinajstić information content (AvgIpc) is 2.93. The number of benzene rings is 1. The predicted molar refractivity (Wildman–Crippen MR) is 103 cm³/mol. The van der Waals surface area contributed by atoms with Gasteiger partial charge < -0.3 is 9.47 Å². The van der Waals surface area contributed by atoms with Gasteiger partial charge in [-0.15, -0.1) is 0 Å². The number of hydrogen-bond donors (Lipinski definition) is 0. The Morgan fingerprint density at radius 1 is 1.30 bits per heavy atom. The molecule has 7 heteroatoms. The lowest BCUT2D eigenvalue weighted by molar-refractivity contribution is -0.384. The van der Waals surface area contributed by atoms with Gasteiger partial charge in [0.1, 0.15) is 11.6 Å². The molecule has 0 fully saturated rings. The van der Waals surface area contributed by atoms with Crippen LogP contribution in [0.3, 0.4) is 0 Å². The molecule has 2 aromatic rings. The maximum atomic E-state index is 12.5. The number of nitrogens with zero attached hydrogens (tertiary/aromatic N) is 4. The topological polar surface area (TPSA) is 92.2 Å². The van der Waals surface area contributed by atoms with Crippen LogP contribution in [0.25, 0.3) is 11.8 Å². The van der Waals surface area contributed by atoms with Crippen molar-refractivity contribution in [3.8, 4) is 11.8 Å². The zero-order valence-electron chi connectivity index (χ0n) is 15.9. The number of nitro benzene ring substituents is 1. The molecule has 1 heterocycles. The number of carbonyl (C=O) groups excluding carboxylic acids is 1. The van der Waals surface area contributed by atoms with Gasteiger partial charge in [-0.25, -0.2) is 0 Å². The van der Waals surface area contributed by atoms with Crippen molar-refractivity contribution in [2.24, 2.45) is 0 Å². The van der Waals surface area contributed by atoms with E-state index in [9.17, 15) is 20.2 Å². The Bertz CT molecular complexity index is 947. The molecule has 1 aromatic carbocycles. The van der Waals surface area contributed by atoms with Crippen molar-refractivity contribution in [3.63, 3.8) is 0 Å².